The fraction of sp³-hybridized carbons (Fsp3) is 0.565. The molecule has 1 saturated carbocycles. The Bertz CT molecular complexity index is 1180. The normalized spacial score (nSPS) is 21.1. The summed E-state index contributed by atoms with van der Waals surface area (Å²) in [6.07, 6.45) is 2.62. The van der Waals surface area contributed by atoms with Crippen molar-refractivity contribution in [1.82, 2.24) is 24.1 Å². The number of amides is 1. The van der Waals surface area contributed by atoms with Crippen molar-refractivity contribution in [3.63, 3.8) is 0 Å². The summed E-state index contributed by atoms with van der Waals surface area (Å²) in [5.74, 6) is -3.59. The lowest BCUT2D eigenvalue weighted by Crippen LogP contribution is -2.63. The number of nitrogens with one attached hydrogen (secondary N) is 1. The number of hydrogen-bond donors (Lipinski definition) is 1. The molecule has 1 N–H and O–H groups in total. The fourth-order valence-corrected chi connectivity index (χ4v) is 6.35. The van der Waals surface area contributed by atoms with E-state index in [9.17, 15) is 26.4 Å². The van der Waals surface area contributed by atoms with Crippen LogP contribution in [0.1, 0.15) is 41.6 Å². The molecule has 35 heavy (non-hydrogen) atoms. The van der Waals surface area contributed by atoms with E-state index in [0.717, 1.165) is 0 Å². The summed E-state index contributed by atoms with van der Waals surface area (Å²) in [5, 5.41) is 2.85. The van der Waals surface area contributed by atoms with E-state index >= 15 is 0 Å². The Labute approximate surface area is 203 Å². The second-order valence-electron chi connectivity index (χ2n) is 9.49. The molecule has 1 aromatic carbocycles. The van der Waals surface area contributed by atoms with Crippen LogP contribution in [0, 0.1) is 12.7 Å². The molecule has 2 aliphatic rings. The van der Waals surface area contributed by atoms with Gasteiger partial charge >= 0.3 is 0 Å². The predicted molar refractivity (Wildman–Crippen MR) is 123 cm³/mol. The molecule has 2 fully saturated rings. The monoisotopic (exact) mass is 513 g/mol. The lowest BCUT2D eigenvalue weighted by atomic mass is 9.78. The number of carbonyl (C=O) groups excluding carboxylic acids is 1. The fourth-order valence-electron chi connectivity index (χ4n) is 4.96. The molecule has 2 aromatic rings. The number of nitrogens with zero attached hydrogens (tertiary/aromatic N) is 4. The molecule has 0 unspecified atom stereocenters. The maximum atomic E-state index is 14.0. The van der Waals surface area contributed by atoms with E-state index < -0.39 is 33.2 Å². The highest BCUT2D eigenvalue weighted by Gasteiger charge is 2.48. The standard InChI is InChI=1S/C23H30F3N5O3S/c1-17-13-18(24)3-4-19(17)21(32)27-15-22(5-7-23(25,26)8-6-22)30-9-11-31(12-10-30)35(33,34)20-14-29(2)16-28-20/h3-4,13-14,16H,5-12,15H2,1-2H3,(H,27,32). The Morgan fingerprint density at radius 1 is 1.11 bits per heavy atom. The molecule has 0 spiro atoms. The van der Waals surface area contributed by atoms with E-state index in [0.29, 0.717) is 24.2 Å². The van der Waals surface area contributed by atoms with Gasteiger partial charge in [-0.3, -0.25) is 9.69 Å². The van der Waals surface area contributed by atoms with E-state index in [2.05, 4.69) is 10.3 Å². The molecule has 4 rings (SSSR count). The summed E-state index contributed by atoms with van der Waals surface area (Å²) in [6.45, 7) is 2.87. The minimum Gasteiger partial charge on any atom is -0.350 e. The molecular weight excluding hydrogens is 483 g/mol. The summed E-state index contributed by atoms with van der Waals surface area (Å²) >= 11 is 0. The molecule has 0 atom stereocenters. The number of aromatic nitrogens is 2. The van der Waals surface area contributed by atoms with Crippen molar-refractivity contribution in [2.24, 2.45) is 7.05 Å². The van der Waals surface area contributed by atoms with Crippen LogP contribution in [0.2, 0.25) is 0 Å². The topological polar surface area (TPSA) is 87.5 Å². The molecule has 1 amide bonds. The summed E-state index contributed by atoms with van der Waals surface area (Å²) in [7, 11) is -2.06. The molecule has 0 bridgehead atoms. The lowest BCUT2D eigenvalue weighted by molar-refractivity contribution is -0.0856. The minimum atomic E-state index is -3.75. The van der Waals surface area contributed by atoms with Crippen LogP contribution in [0.3, 0.4) is 0 Å². The number of carbonyl (C=O) groups is 1. The third-order valence-corrected chi connectivity index (χ3v) is 8.90. The molecule has 0 radical (unpaired) electrons. The van der Waals surface area contributed by atoms with Gasteiger partial charge in [-0.05, 0) is 43.5 Å². The van der Waals surface area contributed by atoms with Gasteiger partial charge in [-0.1, -0.05) is 0 Å². The van der Waals surface area contributed by atoms with Gasteiger partial charge in [0.25, 0.3) is 15.9 Å². The zero-order valence-corrected chi connectivity index (χ0v) is 20.6. The van der Waals surface area contributed by atoms with E-state index in [4.69, 9.17) is 0 Å². The van der Waals surface area contributed by atoms with Gasteiger partial charge in [-0.2, -0.15) is 4.31 Å². The molecular formula is C23H30F3N5O3S. The van der Waals surface area contributed by atoms with Crippen LogP contribution in [-0.2, 0) is 17.1 Å². The van der Waals surface area contributed by atoms with Crippen molar-refractivity contribution in [3.05, 3.63) is 47.7 Å². The molecule has 2 heterocycles. The average Bonchev–Trinajstić information content (AvgIpc) is 3.26. The first-order chi connectivity index (χ1) is 16.4. The van der Waals surface area contributed by atoms with E-state index in [1.54, 1.807) is 18.5 Å². The maximum Gasteiger partial charge on any atom is 0.262 e. The SMILES string of the molecule is Cc1cc(F)ccc1C(=O)NCC1(N2CCN(S(=O)(=O)c3cn(C)cn3)CC2)CCC(F)(F)CC1. The van der Waals surface area contributed by atoms with Gasteiger partial charge < -0.3 is 9.88 Å². The summed E-state index contributed by atoms with van der Waals surface area (Å²) in [6, 6.07) is 3.89. The van der Waals surface area contributed by atoms with Crippen molar-refractivity contribution in [1.29, 1.82) is 0 Å². The smallest absolute Gasteiger partial charge is 0.262 e. The van der Waals surface area contributed by atoms with Crippen LogP contribution in [0.5, 0.6) is 0 Å². The first kappa shape index (κ1) is 25.6. The minimum absolute atomic E-state index is 0.0256. The number of alkyl halides is 2. The molecule has 8 nitrogen and oxygen atoms in total. The lowest BCUT2D eigenvalue weighted by Gasteiger charge is -2.50. The summed E-state index contributed by atoms with van der Waals surface area (Å²) in [4.78, 5) is 18.8. The summed E-state index contributed by atoms with van der Waals surface area (Å²) < 4.78 is 70.3. The molecule has 1 aromatic heterocycles. The summed E-state index contributed by atoms with van der Waals surface area (Å²) in [5.41, 5.74) is 0.0978. The van der Waals surface area contributed by atoms with Crippen LogP contribution in [0.4, 0.5) is 13.2 Å². The van der Waals surface area contributed by atoms with E-state index in [-0.39, 0.29) is 50.3 Å². The van der Waals surface area contributed by atoms with Gasteiger partial charge in [0.05, 0.1) is 6.33 Å². The molecule has 1 saturated heterocycles. The second kappa shape index (κ2) is 9.55. The van der Waals surface area contributed by atoms with Crippen molar-refractivity contribution in [3.8, 4) is 0 Å². The van der Waals surface area contributed by atoms with Gasteiger partial charge in [0, 0.05) is 69.9 Å². The molecule has 192 valence electrons. The van der Waals surface area contributed by atoms with Crippen molar-refractivity contribution >= 4 is 15.9 Å². The average molecular weight is 514 g/mol. The Morgan fingerprint density at radius 2 is 1.77 bits per heavy atom. The van der Waals surface area contributed by atoms with Crippen molar-refractivity contribution < 1.29 is 26.4 Å². The third kappa shape index (κ3) is 5.39. The Balaban J connectivity index is 1.47. The largest absolute Gasteiger partial charge is 0.350 e. The van der Waals surface area contributed by atoms with E-state index in [1.807, 2.05) is 4.90 Å². The highest BCUT2D eigenvalue weighted by atomic mass is 32.2. The van der Waals surface area contributed by atoms with Crippen LogP contribution in [0.25, 0.3) is 0 Å². The molecule has 1 aliphatic heterocycles. The number of imidazole rings is 1. The van der Waals surface area contributed by atoms with Gasteiger partial charge in [-0.15, -0.1) is 0 Å². The van der Waals surface area contributed by atoms with E-state index in [1.165, 1.54) is 35.0 Å². The number of rotatable bonds is 6. The Morgan fingerprint density at radius 3 is 2.34 bits per heavy atom. The van der Waals surface area contributed by atoms with Crippen molar-refractivity contribution in [2.45, 2.75) is 49.1 Å². The first-order valence-electron chi connectivity index (χ1n) is 11.6. The van der Waals surface area contributed by atoms with Crippen molar-refractivity contribution in [2.75, 3.05) is 32.7 Å². The predicted octanol–water partition coefficient (Wildman–Crippen LogP) is 2.55. The number of benzene rings is 1. The highest BCUT2D eigenvalue weighted by molar-refractivity contribution is 7.89. The number of sulfonamides is 1. The number of piperazine rings is 1. The zero-order valence-electron chi connectivity index (χ0n) is 19.8. The number of halogens is 3. The molecule has 1 aliphatic carbocycles. The third-order valence-electron chi connectivity index (χ3n) is 7.12. The first-order valence-corrected chi connectivity index (χ1v) is 13.0. The number of aryl methyl sites for hydroxylation is 2. The maximum absolute atomic E-state index is 14.0. The molecule has 12 heteroatoms. The van der Waals surface area contributed by atoms with Gasteiger partial charge in [0.2, 0.25) is 5.92 Å². The van der Waals surface area contributed by atoms with Crippen LogP contribution >= 0.6 is 0 Å². The van der Waals surface area contributed by atoms with Crippen LogP contribution in [-0.4, -0.2) is 77.3 Å². The second-order valence-corrected chi connectivity index (χ2v) is 11.4. The Hall–Kier alpha value is -2.44. The Kier molecular flexibility index (Phi) is 7.00. The van der Waals surface area contributed by atoms with Gasteiger partial charge in [0.15, 0.2) is 5.03 Å². The van der Waals surface area contributed by atoms with Gasteiger partial charge in [0.1, 0.15) is 5.82 Å². The highest BCUT2D eigenvalue weighted by Crippen LogP contribution is 2.42. The number of hydrogen-bond acceptors (Lipinski definition) is 5. The van der Waals surface area contributed by atoms with Crippen LogP contribution in [0.15, 0.2) is 35.7 Å². The zero-order chi connectivity index (χ0) is 25.4. The quantitative estimate of drug-likeness (QED) is 0.642. The van der Waals surface area contributed by atoms with Crippen LogP contribution < -0.4 is 5.32 Å². The van der Waals surface area contributed by atoms with Gasteiger partial charge in [-0.25, -0.2) is 26.6 Å².